The second-order valence-electron chi connectivity index (χ2n) is 7.82. The van der Waals surface area contributed by atoms with Gasteiger partial charge in [-0.25, -0.2) is 0 Å². The maximum absolute atomic E-state index is 5.56. The molecule has 136 valence electrons. The lowest BCUT2D eigenvalue weighted by molar-refractivity contribution is 0.199. The zero-order chi connectivity index (χ0) is 17.7. The van der Waals surface area contributed by atoms with Crippen LogP contribution in [0.3, 0.4) is 0 Å². The van der Waals surface area contributed by atoms with E-state index >= 15 is 0 Å². The van der Waals surface area contributed by atoms with Crippen molar-refractivity contribution in [3.8, 4) is 5.75 Å². The standard InChI is InChI=1S/C22H25BrN2O/c1-26-17-8-9-21-19(13-17)22-18(20-3-2-11-25(20)21)10-12-24(22)14-15-4-6-16(23)7-5-15/h4-9,13,18,20,22H,2-3,10-12,14H2,1H3/t18-,20-,22-/m1/s1. The molecule has 3 atom stereocenters. The molecule has 2 saturated heterocycles. The molecule has 5 rings (SSSR count). The maximum Gasteiger partial charge on any atom is 0.119 e. The lowest BCUT2D eigenvalue weighted by Gasteiger charge is -2.43. The molecule has 4 heteroatoms. The molecule has 0 radical (unpaired) electrons. The molecule has 2 aromatic carbocycles. The third kappa shape index (κ3) is 2.66. The summed E-state index contributed by atoms with van der Waals surface area (Å²) in [7, 11) is 1.77. The van der Waals surface area contributed by atoms with E-state index in [1.165, 1.54) is 49.2 Å². The first-order valence-electron chi connectivity index (χ1n) is 9.67. The second-order valence-corrected chi connectivity index (χ2v) is 8.74. The SMILES string of the molecule is COc1ccc2c(c1)[C@H]1[C@H](CCN1Cc1ccc(Br)cc1)[C@H]1CCCN21. The molecule has 2 aromatic rings. The first-order valence-corrected chi connectivity index (χ1v) is 10.5. The lowest BCUT2D eigenvalue weighted by atomic mass is 9.81. The van der Waals surface area contributed by atoms with Crippen LogP contribution in [0.15, 0.2) is 46.9 Å². The highest BCUT2D eigenvalue weighted by atomic mass is 79.9. The minimum atomic E-state index is 0.517. The van der Waals surface area contributed by atoms with Gasteiger partial charge in [-0.15, -0.1) is 0 Å². The van der Waals surface area contributed by atoms with Crippen molar-refractivity contribution in [1.82, 2.24) is 4.90 Å². The van der Waals surface area contributed by atoms with Gasteiger partial charge in [0, 0.05) is 41.3 Å². The predicted octanol–water partition coefficient (Wildman–Crippen LogP) is 5.00. The molecule has 3 aliphatic heterocycles. The van der Waals surface area contributed by atoms with Gasteiger partial charge in [0.25, 0.3) is 0 Å². The van der Waals surface area contributed by atoms with Crippen LogP contribution >= 0.6 is 15.9 Å². The van der Waals surface area contributed by atoms with Crippen LogP contribution < -0.4 is 9.64 Å². The average Bonchev–Trinajstić information content (AvgIpc) is 3.30. The molecule has 0 aliphatic carbocycles. The molecule has 0 unspecified atom stereocenters. The minimum Gasteiger partial charge on any atom is -0.497 e. The fourth-order valence-electron chi connectivity index (χ4n) is 5.41. The fourth-order valence-corrected chi connectivity index (χ4v) is 5.67. The minimum absolute atomic E-state index is 0.517. The number of nitrogens with zero attached hydrogens (tertiary/aromatic N) is 2. The smallest absolute Gasteiger partial charge is 0.119 e. The number of anilines is 1. The van der Waals surface area contributed by atoms with E-state index in [9.17, 15) is 0 Å². The zero-order valence-electron chi connectivity index (χ0n) is 15.2. The molecule has 3 aliphatic rings. The van der Waals surface area contributed by atoms with E-state index < -0.39 is 0 Å². The molecular weight excluding hydrogens is 388 g/mol. The van der Waals surface area contributed by atoms with E-state index in [0.29, 0.717) is 6.04 Å². The summed E-state index contributed by atoms with van der Waals surface area (Å²) in [6.07, 6.45) is 3.98. The maximum atomic E-state index is 5.56. The topological polar surface area (TPSA) is 15.7 Å². The van der Waals surface area contributed by atoms with Crippen molar-refractivity contribution in [2.45, 2.75) is 37.9 Å². The Labute approximate surface area is 164 Å². The zero-order valence-corrected chi connectivity index (χ0v) is 16.8. The summed E-state index contributed by atoms with van der Waals surface area (Å²) in [6, 6.07) is 16.7. The summed E-state index contributed by atoms with van der Waals surface area (Å²) in [5, 5.41) is 0. The van der Waals surface area contributed by atoms with Crippen molar-refractivity contribution in [3.05, 3.63) is 58.1 Å². The van der Waals surface area contributed by atoms with Crippen molar-refractivity contribution >= 4 is 21.6 Å². The van der Waals surface area contributed by atoms with Crippen LogP contribution in [0.5, 0.6) is 5.75 Å². The van der Waals surface area contributed by atoms with Gasteiger partial charge in [-0.1, -0.05) is 28.1 Å². The monoisotopic (exact) mass is 412 g/mol. The number of ether oxygens (including phenoxy) is 1. The summed E-state index contributed by atoms with van der Waals surface area (Å²) in [4.78, 5) is 5.38. The van der Waals surface area contributed by atoms with Crippen molar-refractivity contribution < 1.29 is 4.74 Å². The molecule has 2 fully saturated rings. The molecular formula is C22H25BrN2O. The molecule has 0 aromatic heterocycles. The van der Waals surface area contributed by atoms with Crippen LogP contribution in [0.2, 0.25) is 0 Å². The number of hydrogen-bond donors (Lipinski definition) is 0. The van der Waals surface area contributed by atoms with Gasteiger partial charge < -0.3 is 9.64 Å². The average molecular weight is 413 g/mol. The van der Waals surface area contributed by atoms with Crippen LogP contribution in [0.1, 0.15) is 36.4 Å². The summed E-state index contributed by atoms with van der Waals surface area (Å²) < 4.78 is 6.71. The van der Waals surface area contributed by atoms with E-state index in [4.69, 9.17) is 4.74 Å². The summed E-state index contributed by atoms with van der Waals surface area (Å²) in [5.74, 6) is 1.73. The number of halogens is 1. The van der Waals surface area contributed by atoms with E-state index in [1.807, 2.05) is 0 Å². The van der Waals surface area contributed by atoms with Crippen LogP contribution in [-0.2, 0) is 6.54 Å². The van der Waals surface area contributed by atoms with Crippen LogP contribution in [0.4, 0.5) is 5.69 Å². The Morgan fingerprint density at radius 1 is 1.08 bits per heavy atom. The predicted molar refractivity (Wildman–Crippen MR) is 109 cm³/mol. The van der Waals surface area contributed by atoms with Gasteiger partial charge in [-0.2, -0.15) is 0 Å². The lowest BCUT2D eigenvalue weighted by Crippen LogP contribution is -2.43. The number of likely N-dealkylation sites (tertiary alicyclic amines) is 1. The number of rotatable bonds is 3. The van der Waals surface area contributed by atoms with Crippen molar-refractivity contribution in [2.24, 2.45) is 5.92 Å². The molecule has 0 spiro atoms. The molecule has 26 heavy (non-hydrogen) atoms. The van der Waals surface area contributed by atoms with E-state index in [0.717, 1.165) is 28.7 Å². The van der Waals surface area contributed by atoms with Gasteiger partial charge in [-0.3, -0.25) is 4.90 Å². The Morgan fingerprint density at radius 3 is 2.73 bits per heavy atom. The Bertz CT molecular complexity index is 806. The van der Waals surface area contributed by atoms with Gasteiger partial charge in [0.15, 0.2) is 0 Å². The van der Waals surface area contributed by atoms with Crippen molar-refractivity contribution in [3.63, 3.8) is 0 Å². The molecule has 0 amide bonds. The summed E-state index contributed by atoms with van der Waals surface area (Å²) in [6.45, 7) is 3.42. The second kappa shape index (κ2) is 6.58. The Morgan fingerprint density at radius 2 is 1.92 bits per heavy atom. The Hall–Kier alpha value is -1.52. The molecule has 0 saturated carbocycles. The van der Waals surface area contributed by atoms with E-state index in [1.54, 1.807) is 7.11 Å². The van der Waals surface area contributed by atoms with Gasteiger partial charge in [-0.05, 0) is 67.3 Å². The van der Waals surface area contributed by atoms with Crippen LogP contribution in [0.25, 0.3) is 0 Å². The van der Waals surface area contributed by atoms with Crippen molar-refractivity contribution in [1.29, 1.82) is 0 Å². The Kier molecular flexibility index (Phi) is 4.21. The first kappa shape index (κ1) is 16.6. The molecule has 0 N–H and O–H groups in total. The molecule has 0 bridgehead atoms. The highest BCUT2D eigenvalue weighted by Crippen LogP contribution is 2.52. The number of benzene rings is 2. The van der Waals surface area contributed by atoms with Crippen molar-refractivity contribution in [2.75, 3.05) is 25.1 Å². The fraction of sp³-hybridized carbons (Fsp3) is 0.455. The third-order valence-corrected chi connectivity index (χ3v) is 7.03. The van der Waals surface area contributed by atoms with Gasteiger partial charge >= 0.3 is 0 Å². The van der Waals surface area contributed by atoms with E-state index in [-0.39, 0.29) is 0 Å². The number of hydrogen-bond acceptors (Lipinski definition) is 3. The normalized spacial score (nSPS) is 27.2. The quantitative estimate of drug-likeness (QED) is 0.704. The first-order chi connectivity index (χ1) is 12.7. The number of fused-ring (bicyclic) bond motifs is 6. The highest BCUT2D eigenvalue weighted by molar-refractivity contribution is 9.10. The third-order valence-electron chi connectivity index (χ3n) is 6.50. The molecule has 3 heterocycles. The summed E-state index contributed by atoms with van der Waals surface area (Å²) in [5.41, 5.74) is 4.31. The van der Waals surface area contributed by atoms with Gasteiger partial charge in [0.1, 0.15) is 5.75 Å². The highest BCUT2D eigenvalue weighted by Gasteiger charge is 2.48. The van der Waals surface area contributed by atoms with Crippen LogP contribution in [-0.4, -0.2) is 31.1 Å². The number of methoxy groups -OCH3 is 1. The largest absolute Gasteiger partial charge is 0.497 e. The van der Waals surface area contributed by atoms with Gasteiger partial charge in [0.05, 0.1) is 7.11 Å². The Balaban J connectivity index is 1.52. The summed E-state index contributed by atoms with van der Waals surface area (Å²) >= 11 is 3.55. The van der Waals surface area contributed by atoms with E-state index in [2.05, 4.69) is 68.2 Å². The molecule has 3 nitrogen and oxygen atoms in total. The van der Waals surface area contributed by atoms with Crippen LogP contribution in [0, 0.1) is 5.92 Å². The van der Waals surface area contributed by atoms with Gasteiger partial charge in [0.2, 0.25) is 0 Å².